The van der Waals surface area contributed by atoms with Crippen LogP contribution in [0.2, 0.25) is 0 Å². The lowest BCUT2D eigenvalue weighted by molar-refractivity contribution is -0.155. The fraction of sp³-hybridized carbons (Fsp3) is 0.900. The third-order valence-electron chi connectivity index (χ3n) is 2.19. The number of ether oxygens (including phenoxy) is 1. The van der Waals surface area contributed by atoms with Crippen LogP contribution in [0.1, 0.15) is 33.6 Å². The van der Waals surface area contributed by atoms with Crippen LogP contribution >= 0.6 is 0 Å². The summed E-state index contributed by atoms with van der Waals surface area (Å²) >= 11 is 0. The second kappa shape index (κ2) is 4.28. The zero-order valence-corrected chi connectivity index (χ0v) is 9.25. The first-order valence-corrected chi connectivity index (χ1v) is 5.08. The van der Waals surface area contributed by atoms with E-state index in [1.807, 2.05) is 20.8 Å². The minimum atomic E-state index is -0.377. The normalized spacial score (nSPS) is 23.9. The van der Waals surface area contributed by atoms with Gasteiger partial charge in [0.25, 0.3) is 0 Å². The number of nitrogens with two attached hydrogens (primary N) is 1. The Balaban J connectivity index is 2.27. The zero-order chi connectivity index (χ0) is 10.8. The fourth-order valence-electron chi connectivity index (χ4n) is 1.65. The molecule has 0 aromatic carbocycles. The molecule has 1 atom stereocenters. The van der Waals surface area contributed by atoms with Crippen molar-refractivity contribution < 1.29 is 9.53 Å². The van der Waals surface area contributed by atoms with Crippen LogP contribution in [0, 0.1) is 5.92 Å². The molecule has 1 heterocycles. The molecule has 0 aromatic heterocycles. The van der Waals surface area contributed by atoms with E-state index < -0.39 is 0 Å². The van der Waals surface area contributed by atoms with Crippen LogP contribution in [0.3, 0.4) is 0 Å². The van der Waals surface area contributed by atoms with Crippen LogP contribution in [0.5, 0.6) is 0 Å². The number of nitrogens with zero attached hydrogens (tertiary/aromatic N) is 1. The first kappa shape index (κ1) is 11.5. The Hall–Kier alpha value is -0.610. The van der Waals surface area contributed by atoms with Crippen molar-refractivity contribution in [3.05, 3.63) is 0 Å². The van der Waals surface area contributed by atoms with Gasteiger partial charge in [-0.1, -0.05) is 0 Å². The third kappa shape index (κ3) is 4.07. The first-order valence-electron chi connectivity index (χ1n) is 5.08. The van der Waals surface area contributed by atoms with Gasteiger partial charge in [0, 0.05) is 19.5 Å². The van der Waals surface area contributed by atoms with E-state index >= 15 is 0 Å². The molecule has 0 spiro atoms. The first-order chi connectivity index (χ1) is 6.37. The van der Waals surface area contributed by atoms with E-state index in [-0.39, 0.29) is 11.6 Å². The standard InChI is InChI=1S/C10H20N2O2/c1-10(2,3)14-9(13)6-8-4-5-12(11)7-8/h8H,4-7,11H2,1-3H3. The van der Waals surface area contributed by atoms with Gasteiger partial charge in [-0.05, 0) is 33.1 Å². The highest BCUT2D eigenvalue weighted by atomic mass is 16.6. The fourth-order valence-corrected chi connectivity index (χ4v) is 1.65. The Bertz CT molecular complexity index is 211. The van der Waals surface area contributed by atoms with Gasteiger partial charge in [0.15, 0.2) is 0 Å². The molecule has 0 saturated carbocycles. The molecule has 14 heavy (non-hydrogen) atoms. The second-order valence-corrected chi connectivity index (χ2v) is 4.94. The van der Waals surface area contributed by atoms with Crippen LogP contribution in [0.15, 0.2) is 0 Å². The van der Waals surface area contributed by atoms with Crippen molar-refractivity contribution in [3.8, 4) is 0 Å². The lowest BCUT2D eigenvalue weighted by Crippen LogP contribution is -2.29. The Labute approximate surface area is 85.4 Å². The number of esters is 1. The van der Waals surface area contributed by atoms with Gasteiger partial charge >= 0.3 is 5.97 Å². The van der Waals surface area contributed by atoms with Crippen molar-refractivity contribution in [1.82, 2.24) is 5.01 Å². The van der Waals surface area contributed by atoms with Crippen LogP contribution in [-0.4, -0.2) is 29.7 Å². The largest absolute Gasteiger partial charge is 0.460 e. The number of hydrogen-bond donors (Lipinski definition) is 1. The highest BCUT2D eigenvalue weighted by Gasteiger charge is 2.25. The lowest BCUT2D eigenvalue weighted by Gasteiger charge is -2.20. The van der Waals surface area contributed by atoms with Gasteiger partial charge in [0.2, 0.25) is 0 Å². The maximum Gasteiger partial charge on any atom is 0.306 e. The minimum absolute atomic E-state index is 0.113. The minimum Gasteiger partial charge on any atom is -0.460 e. The van der Waals surface area contributed by atoms with Crippen molar-refractivity contribution in [2.45, 2.75) is 39.2 Å². The zero-order valence-electron chi connectivity index (χ0n) is 9.25. The monoisotopic (exact) mass is 200 g/mol. The van der Waals surface area contributed by atoms with E-state index in [0.717, 1.165) is 19.5 Å². The Morgan fingerprint density at radius 3 is 2.64 bits per heavy atom. The highest BCUT2D eigenvalue weighted by molar-refractivity contribution is 5.70. The van der Waals surface area contributed by atoms with Crippen LogP contribution in [0.25, 0.3) is 0 Å². The van der Waals surface area contributed by atoms with E-state index in [2.05, 4.69) is 0 Å². The lowest BCUT2D eigenvalue weighted by atomic mass is 10.1. The van der Waals surface area contributed by atoms with Gasteiger partial charge in [0.1, 0.15) is 5.60 Å². The summed E-state index contributed by atoms with van der Waals surface area (Å²) in [6, 6.07) is 0. The highest BCUT2D eigenvalue weighted by Crippen LogP contribution is 2.19. The molecule has 1 fully saturated rings. The molecule has 4 heteroatoms. The van der Waals surface area contributed by atoms with Gasteiger partial charge in [0.05, 0.1) is 0 Å². The predicted molar refractivity (Wildman–Crippen MR) is 54.3 cm³/mol. The summed E-state index contributed by atoms with van der Waals surface area (Å²) in [5.74, 6) is 5.87. The average Bonchev–Trinajstić information content (AvgIpc) is 2.30. The smallest absolute Gasteiger partial charge is 0.306 e. The number of carbonyl (C=O) groups excluding carboxylic acids is 1. The summed E-state index contributed by atoms with van der Waals surface area (Å²) < 4.78 is 5.24. The SMILES string of the molecule is CC(C)(C)OC(=O)CC1CCN(N)C1. The van der Waals surface area contributed by atoms with Crippen LogP contribution in [0.4, 0.5) is 0 Å². The van der Waals surface area contributed by atoms with Gasteiger partial charge in [-0.3, -0.25) is 10.6 Å². The molecule has 2 N–H and O–H groups in total. The molecule has 1 aliphatic rings. The molecule has 1 rings (SSSR count). The quantitative estimate of drug-likeness (QED) is 0.532. The molecular weight excluding hydrogens is 180 g/mol. The van der Waals surface area contributed by atoms with Crippen molar-refractivity contribution in [3.63, 3.8) is 0 Å². The van der Waals surface area contributed by atoms with E-state index in [1.54, 1.807) is 5.01 Å². The number of rotatable bonds is 2. The molecular formula is C10H20N2O2. The summed E-state index contributed by atoms with van der Waals surface area (Å²) in [7, 11) is 0. The molecule has 0 amide bonds. The van der Waals surface area contributed by atoms with E-state index in [4.69, 9.17) is 10.6 Å². The molecule has 0 aromatic rings. The summed E-state index contributed by atoms with van der Waals surface area (Å²) in [6.07, 6.45) is 1.49. The third-order valence-corrected chi connectivity index (χ3v) is 2.19. The molecule has 1 saturated heterocycles. The molecule has 1 aliphatic heterocycles. The van der Waals surface area contributed by atoms with E-state index in [1.165, 1.54) is 0 Å². The summed E-state index contributed by atoms with van der Waals surface area (Å²) in [5.41, 5.74) is -0.377. The van der Waals surface area contributed by atoms with Crippen LogP contribution < -0.4 is 5.84 Å². The molecule has 1 unspecified atom stereocenters. The Morgan fingerprint density at radius 1 is 1.57 bits per heavy atom. The molecule has 0 radical (unpaired) electrons. The predicted octanol–water partition coefficient (Wildman–Crippen LogP) is 0.914. The number of carbonyl (C=O) groups is 1. The maximum atomic E-state index is 11.4. The maximum absolute atomic E-state index is 11.4. The van der Waals surface area contributed by atoms with Gasteiger partial charge in [-0.25, -0.2) is 5.01 Å². The van der Waals surface area contributed by atoms with Crippen molar-refractivity contribution in [2.24, 2.45) is 11.8 Å². The molecule has 0 bridgehead atoms. The second-order valence-electron chi connectivity index (χ2n) is 4.94. The Kier molecular flexibility index (Phi) is 3.50. The molecule has 4 nitrogen and oxygen atoms in total. The average molecular weight is 200 g/mol. The van der Waals surface area contributed by atoms with E-state index in [0.29, 0.717) is 12.3 Å². The van der Waals surface area contributed by atoms with Gasteiger partial charge in [-0.2, -0.15) is 0 Å². The van der Waals surface area contributed by atoms with Gasteiger partial charge < -0.3 is 4.74 Å². The van der Waals surface area contributed by atoms with Gasteiger partial charge in [-0.15, -0.1) is 0 Å². The number of hydrazine groups is 1. The number of hydrogen-bond acceptors (Lipinski definition) is 4. The summed E-state index contributed by atoms with van der Waals surface area (Å²) in [4.78, 5) is 11.4. The van der Waals surface area contributed by atoms with Crippen LogP contribution in [-0.2, 0) is 9.53 Å². The summed E-state index contributed by atoms with van der Waals surface area (Å²) in [5, 5.41) is 1.76. The van der Waals surface area contributed by atoms with Crippen molar-refractivity contribution in [2.75, 3.05) is 13.1 Å². The Morgan fingerprint density at radius 2 is 2.21 bits per heavy atom. The molecule has 0 aliphatic carbocycles. The van der Waals surface area contributed by atoms with Crippen molar-refractivity contribution in [1.29, 1.82) is 0 Å². The van der Waals surface area contributed by atoms with Crippen molar-refractivity contribution >= 4 is 5.97 Å². The topological polar surface area (TPSA) is 55.6 Å². The van der Waals surface area contributed by atoms with E-state index in [9.17, 15) is 4.79 Å². The summed E-state index contributed by atoms with van der Waals surface area (Å²) in [6.45, 7) is 7.34. The molecule has 82 valence electrons.